The summed E-state index contributed by atoms with van der Waals surface area (Å²) in [6.07, 6.45) is 2.22. The minimum Gasteiger partial charge on any atom is -0.268 e. The molecule has 1 aromatic rings. The predicted octanol–water partition coefficient (Wildman–Crippen LogP) is 0.854. The number of nitriles is 1. The molecule has 0 spiro atoms. The van der Waals surface area contributed by atoms with E-state index in [0.29, 0.717) is 0 Å². The zero-order chi connectivity index (χ0) is 11.4. The first kappa shape index (κ1) is 10.9. The van der Waals surface area contributed by atoms with Crippen LogP contribution in [-0.4, -0.2) is 15.8 Å². The first-order valence-electron chi connectivity index (χ1n) is 3.55. The average molecular weight is 227 g/mol. The normalized spacial score (nSPS) is 9.07. The molecule has 1 rings (SSSR count). The lowest BCUT2D eigenvalue weighted by Crippen LogP contribution is -2.18. The minimum atomic E-state index is -0.895. The van der Waals surface area contributed by atoms with E-state index in [1.54, 1.807) is 5.32 Å². The molecule has 76 valence electrons. The lowest BCUT2D eigenvalue weighted by molar-refractivity contribution is -0.385. The number of amides is 1. The van der Waals surface area contributed by atoms with Gasteiger partial charge in [-0.1, -0.05) is 11.6 Å². The van der Waals surface area contributed by atoms with Crippen molar-refractivity contribution in [2.45, 2.75) is 0 Å². The van der Waals surface area contributed by atoms with E-state index in [9.17, 15) is 14.9 Å². The number of hydrogen-bond donors (Lipinski definition) is 1. The predicted molar refractivity (Wildman–Crippen MR) is 49.0 cm³/mol. The van der Waals surface area contributed by atoms with Crippen LogP contribution in [0.15, 0.2) is 12.3 Å². The molecule has 0 aliphatic heterocycles. The van der Waals surface area contributed by atoms with Crippen molar-refractivity contribution in [3.05, 3.63) is 33.1 Å². The van der Waals surface area contributed by atoms with E-state index in [-0.39, 0.29) is 10.7 Å². The highest BCUT2D eigenvalue weighted by atomic mass is 35.5. The molecule has 1 aromatic heterocycles. The average Bonchev–Trinajstić information content (AvgIpc) is 2.17. The number of rotatable bonds is 2. The van der Waals surface area contributed by atoms with Crippen molar-refractivity contribution in [2.75, 3.05) is 0 Å². The van der Waals surface area contributed by atoms with E-state index < -0.39 is 16.5 Å². The molecular formula is C7H3ClN4O3. The first-order chi connectivity index (χ1) is 7.06. The third-order valence-corrected chi connectivity index (χ3v) is 1.67. The van der Waals surface area contributed by atoms with Gasteiger partial charge in [0.1, 0.15) is 16.9 Å². The second-order valence-electron chi connectivity index (χ2n) is 2.35. The quantitative estimate of drug-likeness (QED) is 0.264. The summed E-state index contributed by atoms with van der Waals surface area (Å²) < 4.78 is 0. The number of nitrogens with one attached hydrogen (secondary N) is 1. The zero-order valence-corrected chi connectivity index (χ0v) is 7.85. The Kier molecular flexibility index (Phi) is 3.15. The van der Waals surface area contributed by atoms with Gasteiger partial charge in [0.2, 0.25) is 0 Å². The van der Waals surface area contributed by atoms with Gasteiger partial charge in [-0.25, -0.2) is 4.98 Å². The topological polar surface area (TPSA) is 109 Å². The molecule has 15 heavy (non-hydrogen) atoms. The van der Waals surface area contributed by atoms with Gasteiger partial charge in [0.15, 0.2) is 6.19 Å². The van der Waals surface area contributed by atoms with Crippen LogP contribution in [0.1, 0.15) is 10.4 Å². The van der Waals surface area contributed by atoms with Crippen molar-refractivity contribution >= 4 is 23.2 Å². The molecule has 0 radical (unpaired) electrons. The largest absolute Gasteiger partial charge is 0.300 e. The third-order valence-electron chi connectivity index (χ3n) is 1.46. The number of pyridine rings is 1. The molecule has 0 aromatic carbocycles. The summed E-state index contributed by atoms with van der Waals surface area (Å²) in [4.78, 5) is 24.4. The van der Waals surface area contributed by atoms with E-state index in [0.717, 1.165) is 12.3 Å². The molecule has 0 aliphatic rings. The van der Waals surface area contributed by atoms with E-state index >= 15 is 0 Å². The number of halogens is 1. The van der Waals surface area contributed by atoms with Crippen LogP contribution in [0.25, 0.3) is 0 Å². The number of nitrogens with zero attached hydrogens (tertiary/aromatic N) is 3. The molecule has 0 aliphatic carbocycles. The van der Waals surface area contributed by atoms with Crippen LogP contribution in [0.5, 0.6) is 0 Å². The summed E-state index contributed by atoms with van der Waals surface area (Å²) >= 11 is 5.47. The van der Waals surface area contributed by atoms with Crippen LogP contribution in [0, 0.1) is 21.6 Å². The molecule has 0 saturated carbocycles. The maximum absolute atomic E-state index is 11.2. The van der Waals surface area contributed by atoms with Crippen LogP contribution in [0.3, 0.4) is 0 Å². The van der Waals surface area contributed by atoms with Crippen molar-refractivity contribution in [1.82, 2.24) is 10.3 Å². The Balaban J connectivity index is 3.25. The molecule has 1 heterocycles. The van der Waals surface area contributed by atoms with Crippen LogP contribution in [0.2, 0.25) is 5.15 Å². The Bertz CT molecular complexity index is 468. The van der Waals surface area contributed by atoms with E-state index in [2.05, 4.69) is 4.98 Å². The van der Waals surface area contributed by atoms with Gasteiger partial charge in [0, 0.05) is 0 Å². The summed E-state index contributed by atoms with van der Waals surface area (Å²) in [6, 6.07) is 1.02. The summed E-state index contributed by atoms with van der Waals surface area (Å²) in [5.41, 5.74) is -0.811. The minimum absolute atomic E-state index is 0.0660. The number of carbonyl (C=O) groups is 1. The fraction of sp³-hybridized carbons (Fsp3) is 0. The summed E-state index contributed by atoms with van der Waals surface area (Å²) in [5.74, 6) is -0.895. The molecule has 7 nitrogen and oxygen atoms in total. The Labute approximate surface area is 88.4 Å². The summed E-state index contributed by atoms with van der Waals surface area (Å²) in [5, 5.41) is 20.4. The summed E-state index contributed by atoms with van der Waals surface area (Å²) in [7, 11) is 0. The fourth-order valence-electron chi connectivity index (χ4n) is 0.868. The van der Waals surface area contributed by atoms with Gasteiger partial charge in [0.05, 0.1) is 4.92 Å². The molecule has 8 heteroatoms. The number of nitro groups is 1. The molecule has 0 fully saturated rings. The van der Waals surface area contributed by atoms with Gasteiger partial charge in [0.25, 0.3) is 11.6 Å². The van der Waals surface area contributed by atoms with Crippen molar-refractivity contribution < 1.29 is 9.72 Å². The van der Waals surface area contributed by atoms with Crippen molar-refractivity contribution in [1.29, 1.82) is 5.26 Å². The van der Waals surface area contributed by atoms with Gasteiger partial charge >= 0.3 is 0 Å². The lowest BCUT2D eigenvalue weighted by atomic mass is 10.2. The second-order valence-corrected chi connectivity index (χ2v) is 2.73. The zero-order valence-electron chi connectivity index (χ0n) is 7.10. The Morgan fingerprint density at radius 3 is 2.93 bits per heavy atom. The van der Waals surface area contributed by atoms with Crippen molar-refractivity contribution in [2.24, 2.45) is 0 Å². The second kappa shape index (κ2) is 4.34. The standard InChI is InChI=1S/C7H3ClN4O3/c8-6-1-4(7(13)11-3-9)5(2-10-6)12(14)15/h1-2H,(H,11,13). The Morgan fingerprint density at radius 1 is 1.73 bits per heavy atom. The van der Waals surface area contributed by atoms with Crippen molar-refractivity contribution in [3.8, 4) is 6.19 Å². The Hall–Kier alpha value is -2.20. The van der Waals surface area contributed by atoms with Crippen LogP contribution < -0.4 is 5.32 Å². The van der Waals surface area contributed by atoms with E-state index in [4.69, 9.17) is 16.9 Å². The molecule has 1 amide bonds. The maximum atomic E-state index is 11.2. The van der Waals surface area contributed by atoms with Crippen molar-refractivity contribution in [3.63, 3.8) is 0 Å². The van der Waals surface area contributed by atoms with Gasteiger partial charge in [-0.15, -0.1) is 0 Å². The van der Waals surface area contributed by atoms with Crippen LogP contribution >= 0.6 is 11.6 Å². The monoisotopic (exact) mass is 226 g/mol. The van der Waals surface area contributed by atoms with Crippen LogP contribution in [-0.2, 0) is 0 Å². The third kappa shape index (κ3) is 2.38. The molecule has 1 N–H and O–H groups in total. The molecule has 0 unspecified atom stereocenters. The molecular weight excluding hydrogens is 224 g/mol. The highest BCUT2D eigenvalue weighted by Crippen LogP contribution is 2.19. The highest BCUT2D eigenvalue weighted by Gasteiger charge is 2.20. The van der Waals surface area contributed by atoms with E-state index in [1.165, 1.54) is 6.19 Å². The Morgan fingerprint density at radius 2 is 2.40 bits per heavy atom. The van der Waals surface area contributed by atoms with Gasteiger partial charge in [-0.2, -0.15) is 5.26 Å². The molecule has 0 atom stereocenters. The molecule has 0 bridgehead atoms. The van der Waals surface area contributed by atoms with E-state index in [1.807, 2.05) is 0 Å². The number of aromatic nitrogens is 1. The number of carbonyl (C=O) groups excluding carboxylic acids is 1. The van der Waals surface area contributed by atoms with Gasteiger partial charge in [-0.3, -0.25) is 20.2 Å². The summed E-state index contributed by atoms with van der Waals surface area (Å²) in [6.45, 7) is 0. The highest BCUT2D eigenvalue weighted by molar-refractivity contribution is 6.29. The van der Waals surface area contributed by atoms with Crippen LogP contribution in [0.4, 0.5) is 5.69 Å². The lowest BCUT2D eigenvalue weighted by Gasteiger charge is -1.99. The maximum Gasteiger partial charge on any atom is 0.300 e. The smallest absolute Gasteiger partial charge is 0.268 e. The van der Waals surface area contributed by atoms with Gasteiger partial charge < -0.3 is 0 Å². The number of hydrogen-bond acceptors (Lipinski definition) is 5. The fourth-order valence-corrected chi connectivity index (χ4v) is 1.03. The SMILES string of the molecule is N#CNC(=O)c1cc(Cl)ncc1[N+](=O)[O-]. The molecule has 0 saturated heterocycles. The first-order valence-corrected chi connectivity index (χ1v) is 3.93. The van der Waals surface area contributed by atoms with Gasteiger partial charge in [-0.05, 0) is 6.07 Å².